The third kappa shape index (κ3) is 5.47. The average Bonchev–Trinajstić information content (AvgIpc) is 2.53. The average molecular weight is 384 g/mol. The summed E-state index contributed by atoms with van der Waals surface area (Å²) >= 11 is 0. The van der Waals surface area contributed by atoms with Crippen molar-refractivity contribution in [1.29, 1.82) is 0 Å². The van der Waals surface area contributed by atoms with Gasteiger partial charge in [0.25, 0.3) is 5.91 Å². The number of halogens is 3. The van der Waals surface area contributed by atoms with Crippen LogP contribution in [0.15, 0.2) is 41.2 Å². The number of allylic oxidation sites excluding steroid dienone is 1. The topological polar surface area (TPSA) is 91.8 Å². The number of aliphatic imine (C=N–C) groups is 1. The van der Waals surface area contributed by atoms with Crippen LogP contribution in [0.2, 0.25) is 0 Å². The molecule has 1 heterocycles. The summed E-state index contributed by atoms with van der Waals surface area (Å²) in [6.07, 6.45) is -2.01. The largest absolute Gasteiger partial charge is 0.573 e. The number of hydrogen-bond donors (Lipinski definition) is 3. The zero-order valence-corrected chi connectivity index (χ0v) is 14.8. The van der Waals surface area contributed by atoms with Crippen molar-refractivity contribution < 1.29 is 27.5 Å². The van der Waals surface area contributed by atoms with Crippen LogP contribution in [0.5, 0.6) is 5.75 Å². The highest BCUT2D eigenvalue weighted by molar-refractivity contribution is 6.06. The van der Waals surface area contributed by atoms with Crippen molar-refractivity contribution in [2.75, 3.05) is 0 Å². The molecule has 1 aliphatic heterocycles. The highest BCUT2D eigenvalue weighted by atomic mass is 19.4. The van der Waals surface area contributed by atoms with Crippen LogP contribution in [-0.2, 0) is 9.59 Å². The first-order valence-electron chi connectivity index (χ1n) is 7.95. The minimum atomic E-state index is -4.77. The molecular weight excluding hydrogens is 365 g/mol. The predicted molar refractivity (Wildman–Crippen MR) is 91.6 cm³/mol. The molecule has 2 amide bonds. The van der Waals surface area contributed by atoms with E-state index in [2.05, 4.69) is 25.7 Å². The van der Waals surface area contributed by atoms with Crippen molar-refractivity contribution in [3.63, 3.8) is 0 Å². The lowest BCUT2D eigenvalue weighted by Gasteiger charge is -2.34. The Morgan fingerprint density at radius 2 is 1.89 bits per heavy atom. The number of nitrogens with one attached hydrogen (secondary N) is 3. The molecule has 3 N–H and O–H groups in total. The molecule has 10 heteroatoms. The molecule has 0 spiro atoms. The Labute approximate surface area is 153 Å². The number of carbonyl (C=O) groups is 2. The molecule has 27 heavy (non-hydrogen) atoms. The van der Waals surface area contributed by atoms with Crippen LogP contribution in [0.25, 0.3) is 0 Å². The fourth-order valence-corrected chi connectivity index (χ4v) is 2.50. The second-order valence-electron chi connectivity index (χ2n) is 6.02. The molecule has 146 valence electrons. The Bertz CT molecular complexity index is 771. The summed E-state index contributed by atoms with van der Waals surface area (Å²) in [6, 6.07) is 4.57. The molecule has 0 aliphatic carbocycles. The summed E-state index contributed by atoms with van der Waals surface area (Å²) in [5, 5.41) is 8.10. The van der Waals surface area contributed by atoms with Gasteiger partial charge in [0, 0.05) is 18.8 Å². The summed E-state index contributed by atoms with van der Waals surface area (Å²) in [7, 11) is 0. The van der Waals surface area contributed by atoms with Gasteiger partial charge in [0.15, 0.2) is 0 Å². The molecule has 0 radical (unpaired) electrons. The van der Waals surface area contributed by atoms with Gasteiger partial charge in [-0.1, -0.05) is 12.1 Å². The normalized spacial score (nSPS) is 20.1. The lowest BCUT2D eigenvalue weighted by Crippen LogP contribution is -2.68. The first-order valence-corrected chi connectivity index (χ1v) is 7.95. The van der Waals surface area contributed by atoms with Gasteiger partial charge < -0.3 is 20.7 Å². The van der Waals surface area contributed by atoms with Gasteiger partial charge in [-0.05, 0) is 31.5 Å². The van der Waals surface area contributed by atoms with Crippen molar-refractivity contribution in [2.45, 2.75) is 38.8 Å². The van der Waals surface area contributed by atoms with Gasteiger partial charge in [-0.3, -0.25) is 14.6 Å². The minimum absolute atomic E-state index is 0.360. The van der Waals surface area contributed by atoms with E-state index < -0.39 is 29.9 Å². The van der Waals surface area contributed by atoms with Gasteiger partial charge in [-0.25, -0.2) is 0 Å². The number of rotatable bonds is 5. The second kappa shape index (κ2) is 7.68. The van der Waals surface area contributed by atoms with Crippen LogP contribution in [-0.4, -0.2) is 30.1 Å². The molecule has 1 aromatic carbocycles. The Morgan fingerprint density at radius 3 is 2.41 bits per heavy atom. The lowest BCUT2D eigenvalue weighted by atomic mass is 10.1. The molecule has 1 aliphatic rings. The number of amides is 2. The van der Waals surface area contributed by atoms with Crippen molar-refractivity contribution >= 4 is 18.0 Å². The van der Waals surface area contributed by atoms with E-state index >= 15 is 0 Å². The van der Waals surface area contributed by atoms with Crippen molar-refractivity contribution in [3.05, 3.63) is 41.7 Å². The lowest BCUT2D eigenvalue weighted by molar-refractivity contribution is -0.274. The second-order valence-corrected chi connectivity index (χ2v) is 6.02. The highest BCUT2D eigenvalue weighted by Gasteiger charge is 2.40. The molecule has 0 fully saturated rings. The number of nitrogens with zero attached hydrogens (tertiary/aromatic N) is 1. The fourth-order valence-electron chi connectivity index (χ4n) is 2.50. The number of ether oxygens (including phenoxy) is 1. The van der Waals surface area contributed by atoms with E-state index in [1.54, 1.807) is 13.8 Å². The maximum absolute atomic E-state index is 12.8. The molecule has 0 saturated heterocycles. The smallest absolute Gasteiger partial charge is 0.406 e. The Kier molecular flexibility index (Phi) is 5.77. The van der Waals surface area contributed by atoms with Crippen molar-refractivity contribution in [3.8, 4) is 5.75 Å². The minimum Gasteiger partial charge on any atom is -0.406 e. The van der Waals surface area contributed by atoms with Crippen LogP contribution in [0, 0.1) is 0 Å². The van der Waals surface area contributed by atoms with E-state index in [0.29, 0.717) is 11.3 Å². The van der Waals surface area contributed by atoms with E-state index in [1.165, 1.54) is 31.5 Å². The third-order valence-corrected chi connectivity index (χ3v) is 3.62. The fraction of sp³-hybridized carbons (Fsp3) is 0.353. The van der Waals surface area contributed by atoms with E-state index in [-0.39, 0.29) is 5.75 Å². The molecule has 7 nitrogen and oxygen atoms in total. The predicted octanol–water partition coefficient (Wildman–Crippen LogP) is 2.13. The van der Waals surface area contributed by atoms with Crippen molar-refractivity contribution in [2.24, 2.45) is 4.99 Å². The summed E-state index contributed by atoms with van der Waals surface area (Å²) in [6.45, 7) is 4.60. The third-order valence-electron chi connectivity index (χ3n) is 3.62. The van der Waals surface area contributed by atoms with Crippen LogP contribution in [0.1, 0.15) is 32.4 Å². The molecule has 0 saturated carbocycles. The maximum Gasteiger partial charge on any atom is 0.573 e. The highest BCUT2D eigenvalue weighted by Crippen LogP contribution is 2.24. The van der Waals surface area contributed by atoms with Crippen LogP contribution < -0.4 is 20.7 Å². The maximum atomic E-state index is 12.8. The zero-order chi connectivity index (χ0) is 20.2. The summed E-state index contributed by atoms with van der Waals surface area (Å²) in [5.41, 5.74) is -0.434. The Morgan fingerprint density at radius 1 is 1.26 bits per heavy atom. The van der Waals surface area contributed by atoms with Gasteiger partial charge in [0.05, 0.1) is 12.3 Å². The molecule has 1 unspecified atom stereocenters. The molecular formula is C17H19F3N4O3. The SMILES string of the molecule is CC(=O)N[C@@]1(C(=O)NC(C)c2ccc(OC(F)(F)F)cc2)C=NC=C(C)N1. The monoisotopic (exact) mass is 384 g/mol. The number of carbonyl (C=O) groups excluding carboxylic acids is 2. The summed E-state index contributed by atoms with van der Waals surface area (Å²) in [5.74, 6) is -1.38. The number of hydrogen-bond acceptors (Lipinski definition) is 5. The molecule has 2 atom stereocenters. The van der Waals surface area contributed by atoms with Crippen molar-refractivity contribution in [1.82, 2.24) is 16.0 Å². The van der Waals surface area contributed by atoms with Crippen LogP contribution >= 0.6 is 0 Å². The summed E-state index contributed by atoms with van der Waals surface area (Å²) < 4.78 is 40.5. The van der Waals surface area contributed by atoms with Crippen LogP contribution in [0.3, 0.4) is 0 Å². The standard InChI is InChI=1S/C17H19F3N4O3/c1-10-8-21-9-16(23-10,24-12(3)25)15(26)22-11(2)13-4-6-14(7-5-13)27-17(18,19)20/h4-9,11,23H,1-3H3,(H,22,26)(H,24,25)/t11?,16-/m1/s1. The molecule has 1 aromatic rings. The Balaban J connectivity index is 2.12. The van der Waals surface area contributed by atoms with Crippen LogP contribution in [0.4, 0.5) is 13.2 Å². The van der Waals surface area contributed by atoms with Gasteiger partial charge >= 0.3 is 6.36 Å². The first-order chi connectivity index (χ1) is 12.5. The van der Waals surface area contributed by atoms with E-state index in [0.717, 1.165) is 12.1 Å². The Hall–Kier alpha value is -3.04. The first kappa shape index (κ1) is 20.3. The molecule has 0 aromatic heterocycles. The number of alkyl halides is 3. The number of benzene rings is 1. The quantitative estimate of drug-likeness (QED) is 0.725. The van der Waals surface area contributed by atoms with Gasteiger partial charge in [0.2, 0.25) is 11.6 Å². The summed E-state index contributed by atoms with van der Waals surface area (Å²) in [4.78, 5) is 28.2. The van der Waals surface area contributed by atoms with E-state index in [4.69, 9.17) is 0 Å². The van der Waals surface area contributed by atoms with Gasteiger partial charge in [-0.2, -0.15) is 0 Å². The van der Waals surface area contributed by atoms with E-state index in [9.17, 15) is 22.8 Å². The van der Waals surface area contributed by atoms with Gasteiger partial charge in [-0.15, -0.1) is 13.2 Å². The van der Waals surface area contributed by atoms with Gasteiger partial charge in [0.1, 0.15) is 5.75 Å². The molecule has 0 bridgehead atoms. The molecule has 2 rings (SSSR count). The zero-order valence-electron chi connectivity index (χ0n) is 14.8. The van der Waals surface area contributed by atoms with E-state index in [1.807, 2.05) is 0 Å².